The van der Waals surface area contributed by atoms with E-state index >= 15 is 0 Å². The Kier molecular flexibility index (Phi) is 6.45. The number of nitrogens with zero attached hydrogens (tertiary/aromatic N) is 1. The molecular weight excluding hydrogens is 336 g/mol. The molecule has 140 valence electrons. The summed E-state index contributed by atoms with van der Waals surface area (Å²) in [6, 6.07) is 7.54. The number of esters is 1. The molecule has 1 fully saturated rings. The van der Waals surface area contributed by atoms with Crippen molar-refractivity contribution in [1.82, 2.24) is 5.32 Å². The number of rotatable bonds is 9. The molecule has 1 aliphatic carbocycles. The van der Waals surface area contributed by atoms with Crippen LogP contribution in [0.25, 0.3) is 0 Å². The molecule has 0 spiro atoms. The zero-order valence-electron chi connectivity index (χ0n) is 15.3. The van der Waals surface area contributed by atoms with Crippen molar-refractivity contribution >= 4 is 11.9 Å². The summed E-state index contributed by atoms with van der Waals surface area (Å²) in [5.74, 6) is 0.456. The van der Waals surface area contributed by atoms with E-state index in [2.05, 4.69) is 11.4 Å². The van der Waals surface area contributed by atoms with Crippen molar-refractivity contribution in [3.8, 4) is 17.6 Å². The third-order valence-corrected chi connectivity index (χ3v) is 4.46. The fourth-order valence-corrected chi connectivity index (χ4v) is 2.71. The van der Waals surface area contributed by atoms with Crippen LogP contribution in [0.1, 0.15) is 31.7 Å². The van der Waals surface area contributed by atoms with Crippen LogP contribution in [0.2, 0.25) is 0 Å². The number of carbonyl (C=O) groups is 2. The molecule has 1 N–H and O–H groups in total. The lowest BCUT2D eigenvalue weighted by atomic mass is 9.98. The Morgan fingerprint density at radius 3 is 2.54 bits per heavy atom. The van der Waals surface area contributed by atoms with Crippen molar-refractivity contribution in [3.05, 3.63) is 23.8 Å². The summed E-state index contributed by atoms with van der Waals surface area (Å²) in [4.78, 5) is 23.8. The molecule has 1 saturated carbocycles. The smallest absolute Gasteiger partial charge is 0.306 e. The van der Waals surface area contributed by atoms with Gasteiger partial charge in [0.05, 0.1) is 20.3 Å². The first-order valence-corrected chi connectivity index (χ1v) is 8.50. The highest BCUT2D eigenvalue weighted by Gasteiger charge is 2.43. The van der Waals surface area contributed by atoms with Crippen molar-refractivity contribution in [2.24, 2.45) is 5.92 Å². The summed E-state index contributed by atoms with van der Waals surface area (Å²) in [5.41, 5.74) is 0.0122. The van der Waals surface area contributed by atoms with Gasteiger partial charge in [0.15, 0.2) is 18.1 Å². The van der Waals surface area contributed by atoms with E-state index in [1.165, 1.54) is 0 Å². The van der Waals surface area contributed by atoms with E-state index in [-0.39, 0.29) is 18.9 Å². The molecule has 0 heterocycles. The number of nitrogens with one attached hydrogen (secondary N) is 1. The molecule has 2 rings (SSSR count). The molecule has 1 aromatic carbocycles. The first-order valence-electron chi connectivity index (χ1n) is 8.50. The normalized spacial score (nSPS) is 15.3. The van der Waals surface area contributed by atoms with Crippen LogP contribution in [-0.2, 0) is 20.7 Å². The Hall–Kier alpha value is -2.75. The summed E-state index contributed by atoms with van der Waals surface area (Å²) >= 11 is 0. The highest BCUT2D eigenvalue weighted by molar-refractivity contribution is 5.81. The lowest BCUT2D eigenvalue weighted by molar-refractivity contribution is -0.148. The van der Waals surface area contributed by atoms with Crippen LogP contribution >= 0.6 is 0 Å². The molecule has 0 unspecified atom stereocenters. The second kappa shape index (κ2) is 8.56. The van der Waals surface area contributed by atoms with Crippen LogP contribution in [-0.4, -0.2) is 38.2 Å². The van der Waals surface area contributed by atoms with Crippen LogP contribution < -0.4 is 14.8 Å². The van der Waals surface area contributed by atoms with E-state index in [9.17, 15) is 14.9 Å². The van der Waals surface area contributed by atoms with Gasteiger partial charge in [-0.15, -0.1) is 0 Å². The van der Waals surface area contributed by atoms with Crippen LogP contribution in [0.15, 0.2) is 18.2 Å². The van der Waals surface area contributed by atoms with Gasteiger partial charge in [-0.05, 0) is 49.8 Å². The van der Waals surface area contributed by atoms with Crippen molar-refractivity contribution < 1.29 is 23.8 Å². The van der Waals surface area contributed by atoms with E-state index in [1.54, 1.807) is 33.3 Å². The Balaban J connectivity index is 1.77. The lowest BCUT2D eigenvalue weighted by Gasteiger charge is -2.22. The molecule has 1 amide bonds. The van der Waals surface area contributed by atoms with Gasteiger partial charge in [0, 0.05) is 6.42 Å². The van der Waals surface area contributed by atoms with E-state index < -0.39 is 17.4 Å². The molecule has 1 aromatic rings. The Morgan fingerprint density at radius 2 is 1.96 bits per heavy atom. The predicted molar refractivity (Wildman–Crippen MR) is 93.7 cm³/mol. The van der Waals surface area contributed by atoms with Crippen molar-refractivity contribution in [2.45, 2.75) is 38.1 Å². The molecule has 0 radical (unpaired) electrons. The number of methoxy groups -OCH3 is 2. The highest BCUT2D eigenvalue weighted by Crippen LogP contribution is 2.39. The summed E-state index contributed by atoms with van der Waals surface area (Å²) < 4.78 is 15.4. The summed E-state index contributed by atoms with van der Waals surface area (Å²) in [7, 11) is 3.10. The van der Waals surface area contributed by atoms with Gasteiger partial charge in [-0.1, -0.05) is 6.07 Å². The monoisotopic (exact) mass is 360 g/mol. The SMILES string of the molecule is COc1ccc(CCC(=O)OCC(=O)N[C@](C)(C#N)C2CC2)cc1OC. The molecule has 1 atom stereocenters. The van der Waals surface area contributed by atoms with Crippen molar-refractivity contribution in [3.63, 3.8) is 0 Å². The number of carbonyl (C=O) groups excluding carboxylic acids is 2. The fraction of sp³-hybridized carbons (Fsp3) is 0.526. The minimum Gasteiger partial charge on any atom is -0.493 e. The first kappa shape index (κ1) is 19.6. The molecule has 7 heteroatoms. The van der Waals surface area contributed by atoms with Gasteiger partial charge in [-0.3, -0.25) is 9.59 Å². The lowest BCUT2D eigenvalue weighted by Crippen LogP contribution is -2.48. The number of ether oxygens (including phenoxy) is 3. The minimum absolute atomic E-state index is 0.140. The second-order valence-corrected chi connectivity index (χ2v) is 6.49. The minimum atomic E-state index is -0.886. The van der Waals surface area contributed by atoms with Gasteiger partial charge < -0.3 is 19.5 Å². The summed E-state index contributed by atoms with van der Waals surface area (Å²) in [6.45, 7) is 1.32. The number of hydrogen-bond donors (Lipinski definition) is 1. The van der Waals surface area contributed by atoms with E-state index in [1.807, 2.05) is 6.07 Å². The zero-order valence-corrected chi connectivity index (χ0v) is 15.3. The third kappa shape index (κ3) is 5.12. The highest BCUT2D eigenvalue weighted by atomic mass is 16.5. The van der Waals surface area contributed by atoms with Gasteiger partial charge in [0.2, 0.25) is 0 Å². The average Bonchev–Trinajstić information content (AvgIpc) is 3.50. The maximum atomic E-state index is 11.9. The Morgan fingerprint density at radius 1 is 1.27 bits per heavy atom. The molecule has 26 heavy (non-hydrogen) atoms. The Bertz CT molecular complexity index is 708. The maximum Gasteiger partial charge on any atom is 0.306 e. The van der Waals surface area contributed by atoms with Gasteiger partial charge in [-0.2, -0.15) is 5.26 Å². The van der Waals surface area contributed by atoms with Gasteiger partial charge in [0.25, 0.3) is 5.91 Å². The average molecular weight is 360 g/mol. The maximum absolute atomic E-state index is 11.9. The summed E-state index contributed by atoms with van der Waals surface area (Å²) in [5, 5.41) is 11.9. The fourth-order valence-electron chi connectivity index (χ4n) is 2.71. The molecule has 7 nitrogen and oxygen atoms in total. The van der Waals surface area contributed by atoms with E-state index in [4.69, 9.17) is 14.2 Å². The number of aryl methyl sites for hydroxylation is 1. The predicted octanol–water partition coefficient (Wildman–Crippen LogP) is 1.99. The third-order valence-electron chi connectivity index (χ3n) is 4.46. The van der Waals surface area contributed by atoms with E-state index in [0.717, 1.165) is 18.4 Å². The number of amides is 1. The van der Waals surface area contributed by atoms with Crippen LogP contribution in [0.4, 0.5) is 0 Å². The second-order valence-electron chi connectivity index (χ2n) is 6.49. The number of benzene rings is 1. The molecule has 0 aromatic heterocycles. The largest absolute Gasteiger partial charge is 0.493 e. The van der Waals surface area contributed by atoms with Crippen LogP contribution in [0.3, 0.4) is 0 Å². The quantitative estimate of drug-likeness (QED) is 0.676. The standard InChI is InChI=1S/C19H24N2O5/c1-19(12-20,14-6-7-14)21-17(22)11-26-18(23)9-5-13-4-8-15(24-2)16(10-13)25-3/h4,8,10,14H,5-7,9,11H2,1-3H3,(H,21,22)/t19-/m1/s1. The Labute approximate surface area is 153 Å². The molecule has 0 bridgehead atoms. The molecule has 0 saturated heterocycles. The zero-order chi connectivity index (χ0) is 19.2. The van der Waals surface area contributed by atoms with E-state index in [0.29, 0.717) is 17.9 Å². The number of hydrogen-bond acceptors (Lipinski definition) is 6. The van der Waals surface area contributed by atoms with Crippen LogP contribution in [0, 0.1) is 17.2 Å². The van der Waals surface area contributed by atoms with Gasteiger partial charge >= 0.3 is 5.97 Å². The van der Waals surface area contributed by atoms with Crippen molar-refractivity contribution in [2.75, 3.05) is 20.8 Å². The van der Waals surface area contributed by atoms with Crippen LogP contribution in [0.5, 0.6) is 11.5 Å². The first-order chi connectivity index (χ1) is 12.4. The van der Waals surface area contributed by atoms with Gasteiger partial charge in [0.1, 0.15) is 5.54 Å². The van der Waals surface area contributed by atoms with Gasteiger partial charge in [-0.25, -0.2) is 0 Å². The molecule has 0 aliphatic heterocycles. The van der Waals surface area contributed by atoms with Crippen molar-refractivity contribution in [1.29, 1.82) is 5.26 Å². The molecule has 1 aliphatic rings. The number of nitriles is 1. The topological polar surface area (TPSA) is 97.6 Å². The summed E-state index contributed by atoms with van der Waals surface area (Å²) in [6.07, 6.45) is 2.45. The molecular formula is C19H24N2O5.